The van der Waals surface area contributed by atoms with Crippen molar-refractivity contribution in [3.63, 3.8) is 0 Å². The van der Waals surface area contributed by atoms with E-state index in [1.165, 1.54) is 12.8 Å². The summed E-state index contributed by atoms with van der Waals surface area (Å²) in [5.74, 6) is 2.39. The van der Waals surface area contributed by atoms with E-state index < -0.39 is 0 Å². The van der Waals surface area contributed by atoms with Crippen LogP contribution in [0.5, 0.6) is 0 Å². The van der Waals surface area contributed by atoms with Crippen LogP contribution in [0.15, 0.2) is 6.07 Å². The van der Waals surface area contributed by atoms with Gasteiger partial charge in [-0.15, -0.1) is 0 Å². The maximum Gasteiger partial charge on any atom is 0.134 e. The number of hydrogen-bond donors (Lipinski definition) is 0. The van der Waals surface area contributed by atoms with Gasteiger partial charge in [0.25, 0.3) is 0 Å². The minimum Gasteiger partial charge on any atom is -0.356 e. The second-order valence-corrected chi connectivity index (χ2v) is 4.70. The van der Waals surface area contributed by atoms with Gasteiger partial charge in [0.15, 0.2) is 0 Å². The van der Waals surface area contributed by atoms with Crippen LogP contribution in [-0.2, 0) is 0 Å². The molecule has 0 saturated carbocycles. The Morgan fingerprint density at radius 2 is 1.88 bits per heavy atom. The summed E-state index contributed by atoms with van der Waals surface area (Å²) in [6.45, 7) is 10.5. The molecule has 1 aromatic heterocycles. The van der Waals surface area contributed by atoms with Crippen molar-refractivity contribution in [2.45, 2.75) is 40.5 Å². The molecule has 0 aliphatic rings. The van der Waals surface area contributed by atoms with E-state index in [2.05, 4.69) is 35.6 Å². The highest BCUT2D eigenvalue weighted by Crippen LogP contribution is 2.19. The summed E-state index contributed by atoms with van der Waals surface area (Å²) in [7, 11) is 0. The zero-order chi connectivity index (χ0) is 12.8. The summed E-state index contributed by atoms with van der Waals surface area (Å²) < 4.78 is 0. The lowest BCUT2D eigenvalue weighted by Crippen LogP contribution is -2.30. The fraction of sp³-hybridized carbons (Fsp3) is 0.692. The molecule has 3 nitrogen and oxygen atoms in total. The van der Waals surface area contributed by atoms with E-state index in [4.69, 9.17) is 11.6 Å². The Morgan fingerprint density at radius 1 is 1.24 bits per heavy atom. The maximum absolute atomic E-state index is 5.98. The van der Waals surface area contributed by atoms with Gasteiger partial charge in [0, 0.05) is 19.2 Å². The van der Waals surface area contributed by atoms with Crippen molar-refractivity contribution >= 4 is 17.4 Å². The monoisotopic (exact) mass is 255 g/mol. The Hall–Kier alpha value is -0.830. The molecule has 0 amide bonds. The molecule has 0 spiro atoms. The molecule has 0 atom stereocenters. The van der Waals surface area contributed by atoms with Crippen LogP contribution >= 0.6 is 11.6 Å². The van der Waals surface area contributed by atoms with E-state index in [0.29, 0.717) is 11.1 Å². The lowest BCUT2D eigenvalue weighted by Gasteiger charge is -2.26. The van der Waals surface area contributed by atoms with Crippen LogP contribution in [0.4, 0.5) is 5.82 Å². The number of hydrogen-bond acceptors (Lipinski definition) is 3. The first-order chi connectivity index (χ1) is 8.10. The first-order valence-corrected chi connectivity index (χ1v) is 6.74. The minimum atomic E-state index is 0.524. The van der Waals surface area contributed by atoms with Crippen molar-refractivity contribution in [1.82, 2.24) is 9.97 Å². The number of halogens is 1. The highest BCUT2D eigenvalue weighted by molar-refractivity contribution is 6.29. The van der Waals surface area contributed by atoms with Gasteiger partial charge in [0.1, 0.15) is 16.8 Å². The molecule has 4 heteroatoms. The van der Waals surface area contributed by atoms with Crippen molar-refractivity contribution in [2.24, 2.45) is 5.92 Å². The Balaban J connectivity index is 2.85. The normalized spacial score (nSPS) is 10.9. The third kappa shape index (κ3) is 4.15. The Bertz CT molecular complexity index is 330. The van der Waals surface area contributed by atoms with E-state index in [0.717, 1.165) is 24.7 Å². The molecule has 0 aromatic carbocycles. The summed E-state index contributed by atoms with van der Waals surface area (Å²) in [6.07, 6.45) is 2.40. The largest absolute Gasteiger partial charge is 0.356 e. The van der Waals surface area contributed by atoms with Gasteiger partial charge in [-0.1, -0.05) is 38.3 Å². The SMILES string of the molecule is CCC(CC)CN(CC)c1cc(Cl)nc(C)n1. The molecule has 1 aromatic rings. The Labute approximate surface area is 109 Å². The molecule has 0 aliphatic heterocycles. The molecular weight excluding hydrogens is 234 g/mol. The average molecular weight is 256 g/mol. The molecule has 0 N–H and O–H groups in total. The Kier molecular flexibility index (Phi) is 5.69. The predicted octanol–water partition coefficient (Wildman–Crippen LogP) is 3.70. The highest BCUT2D eigenvalue weighted by atomic mass is 35.5. The van der Waals surface area contributed by atoms with Crippen LogP contribution in [-0.4, -0.2) is 23.1 Å². The topological polar surface area (TPSA) is 29.0 Å². The van der Waals surface area contributed by atoms with Gasteiger partial charge < -0.3 is 4.90 Å². The third-order valence-electron chi connectivity index (χ3n) is 3.13. The molecule has 1 heterocycles. The van der Waals surface area contributed by atoms with E-state index in [1.54, 1.807) is 0 Å². The summed E-state index contributed by atoms with van der Waals surface area (Å²) in [4.78, 5) is 10.8. The highest BCUT2D eigenvalue weighted by Gasteiger charge is 2.12. The maximum atomic E-state index is 5.98. The van der Waals surface area contributed by atoms with Crippen molar-refractivity contribution in [1.29, 1.82) is 0 Å². The van der Waals surface area contributed by atoms with E-state index in [9.17, 15) is 0 Å². The van der Waals surface area contributed by atoms with Crippen molar-refractivity contribution in [3.05, 3.63) is 17.0 Å². The molecule has 0 radical (unpaired) electrons. The summed E-state index contributed by atoms with van der Waals surface area (Å²) in [6, 6.07) is 1.85. The number of anilines is 1. The number of aryl methyl sites for hydroxylation is 1. The molecule has 0 fully saturated rings. The molecule has 0 unspecified atom stereocenters. The van der Waals surface area contributed by atoms with Crippen LogP contribution in [0.25, 0.3) is 0 Å². The second-order valence-electron chi connectivity index (χ2n) is 4.32. The number of nitrogens with zero attached hydrogens (tertiary/aromatic N) is 3. The molecule has 0 bridgehead atoms. The number of rotatable bonds is 6. The lowest BCUT2D eigenvalue weighted by atomic mass is 10.0. The van der Waals surface area contributed by atoms with Crippen molar-refractivity contribution in [2.75, 3.05) is 18.0 Å². The zero-order valence-electron chi connectivity index (χ0n) is 11.2. The molecule has 1 rings (SSSR count). The van der Waals surface area contributed by atoms with Crippen LogP contribution in [0, 0.1) is 12.8 Å². The van der Waals surface area contributed by atoms with Crippen molar-refractivity contribution in [3.8, 4) is 0 Å². The summed E-state index contributed by atoms with van der Waals surface area (Å²) in [5.41, 5.74) is 0. The van der Waals surface area contributed by atoms with Crippen LogP contribution in [0.3, 0.4) is 0 Å². The molecular formula is C13H22ClN3. The molecule has 17 heavy (non-hydrogen) atoms. The van der Waals surface area contributed by atoms with Crippen LogP contribution < -0.4 is 4.90 Å². The van der Waals surface area contributed by atoms with E-state index in [1.807, 2.05) is 13.0 Å². The standard InChI is InChI=1S/C13H22ClN3/c1-5-11(6-2)9-17(7-3)13-8-12(14)15-10(4)16-13/h8,11H,5-7,9H2,1-4H3. The zero-order valence-corrected chi connectivity index (χ0v) is 12.0. The second kappa shape index (κ2) is 6.80. The van der Waals surface area contributed by atoms with E-state index in [-0.39, 0.29) is 0 Å². The molecule has 0 saturated heterocycles. The fourth-order valence-electron chi connectivity index (χ4n) is 1.92. The van der Waals surface area contributed by atoms with Gasteiger partial charge in [-0.05, 0) is 19.8 Å². The predicted molar refractivity (Wildman–Crippen MR) is 73.7 cm³/mol. The van der Waals surface area contributed by atoms with Crippen LogP contribution in [0.2, 0.25) is 5.15 Å². The van der Waals surface area contributed by atoms with Gasteiger partial charge >= 0.3 is 0 Å². The van der Waals surface area contributed by atoms with Crippen molar-refractivity contribution < 1.29 is 0 Å². The molecule has 96 valence electrons. The summed E-state index contributed by atoms with van der Waals surface area (Å²) >= 11 is 5.98. The fourth-order valence-corrected chi connectivity index (χ4v) is 2.14. The lowest BCUT2D eigenvalue weighted by molar-refractivity contribution is 0.484. The van der Waals surface area contributed by atoms with Crippen LogP contribution in [0.1, 0.15) is 39.4 Å². The summed E-state index contributed by atoms with van der Waals surface area (Å²) in [5, 5.41) is 0.524. The van der Waals surface area contributed by atoms with Gasteiger partial charge in [-0.3, -0.25) is 0 Å². The van der Waals surface area contributed by atoms with Gasteiger partial charge in [-0.2, -0.15) is 0 Å². The smallest absolute Gasteiger partial charge is 0.134 e. The number of aromatic nitrogens is 2. The van der Waals surface area contributed by atoms with Gasteiger partial charge in [-0.25, -0.2) is 9.97 Å². The van der Waals surface area contributed by atoms with Gasteiger partial charge in [0.2, 0.25) is 0 Å². The average Bonchev–Trinajstić information content (AvgIpc) is 2.29. The Morgan fingerprint density at radius 3 is 2.35 bits per heavy atom. The quantitative estimate of drug-likeness (QED) is 0.726. The minimum absolute atomic E-state index is 0.524. The van der Waals surface area contributed by atoms with Gasteiger partial charge in [0.05, 0.1) is 0 Å². The third-order valence-corrected chi connectivity index (χ3v) is 3.33. The molecule has 0 aliphatic carbocycles. The first-order valence-electron chi connectivity index (χ1n) is 6.36. The first kappa shape index (κ1) is 14.2. The van der Waals surface area contributed by atoms with E-state index >= 15 is 0 Å².